The molecular formula is C17H17F3N4O3S. The molecular weight excluding hydrogens is 397 g/mol. The first kappa shape index (κ1) is 20.1. The average Bonchev–Trinajstić information content (AvgIpc) is 2.99. The minimum atomic E-state index is -4.45. The van der Waals surface area contributed by atoms with E-state index in [0.717, 1.165) is 12.1 Å². The van der Waals surface area contributed by atoms with E-state index >= 15 is 0 Å². The molecule has 0 aliphatic carbocycles. The van der Waals surface area contributed by atoms with Gasteiger partial charge in [-0.1, -0.05) is 12.1 Å². The van der Waals surface area contributed by atoms with E-state index in [0.29, 0.717) is 11.4 Å². The van der Waals surface area contributed by atoms with Crippen molar-refractivity contribution < 1.29 is 21.6 Å². The molecule has 28 heavy (non-hydrogen) atoms. The van der Waals surface area contributed by atoms with Crippen LogP contribution in [0.3, 0.4) is 0 Å². The smallest absolute Gasteiger partial charge is 0.310 e. The fourth-order valence-electron chi connectivity index (χ4n) is 2.94. The largest absolute Gasteiger partial charge is 0.416 e. The summed E-state index contributed by atoms with van der Waals surface area (Å²) in [5.74, 6) is 0.309. The van der Waals surface area contributed by atoms with E-state index in [4.69, 9.17) is 0 Å². The number of hydrogen-bond donors (Lipinski definition) is 2. The zero-order chi connectivity index (χ0) is 20.8. The summed E-state index contributed by atoms with van der Waals surface area (Å²) in [5, 5.41) is 3.32. The van der Waals surface area contributed by atoms with Gasteiger partial charge in [-0.2, -0.15) is 18.3 Å². The van der Waals surface area contributed by atoms with Crippen LogP contribution < -0.4 is 5.56 Å². The van der Waals surface area contributed by atoms with Gasteiger partial charge in [-0.25, -0.2) is 18.1 Å². The Morgan fingerprint density at radius 1 is 1.14 bits per heavy atom. The van der Waals surface area contributed by atoms with Crippen molar-refractivity contribution in [3.05, 3.63) is 57.3 Å². The van der Waals surface area contributed by atoms with Crippen LogP contribution in [0.4, 0.5) is 13.2 Å². The summed E-state index contributed by atoms with van der Waals surface area (Å²) >= 11 is 0. The number of alkyl halides is 3. The molecule has 1 N–H and O–H groups in total. The Kier molecular flexibility index (Phi) is 5.04. The normalized spacial score (nSPS) is 14.5. The highest BCUT2D eigenvalue weighted by Gasteiger charge is 2.30. The summed E-state index contributed by atoms with van der Waals surface area (Å²) in [7, 11) is -2.89. The van der Waals surface area contributed by atoms with Crippen LogP contribution in [-0.4, -0.2) is 28.2 Å². The van der Waals surface area contributed by atoms with Crippen molar-refractivity contribution in [3.63, 3.8) is 0 Å². The average molecular weight is 414 g/mol. The van der Waals surface area contributed by atoms with E-state index in [9.17, 15) is 26.4 Å². The molecule has 2 atom stereocenters. The van der Waals surface area contributed by atoms with E-state index in [1.807, 2.05) is 0 Å². The highest BCUT2D eigenvalue weighted by molar-refractivity contribution is 7.72. The van der Waals surface area contributed by atoms with Crippen LogP contribution in [0, 0.1) is 6.92 Å². The summed E-state index contributed by atoms with van der Waals surface area (Å²) in [6.45, 7) is 4.65. The Morgan fingerprint density at radius 3 is 2.29 bits per heavy atom. The topological polar surface area (TPSA) is 97.7 Å². The van der Waals surface area contributed by atoms with E-state index in [2.05, 4.69) is 15.1 Å². The lowest BCUT2D eigenvalue weighted by atomic mass is 10.1. The fourth-order valence-corrected chi connectivity index (χ4v) is 3.32. The van der Waals surface area contributed by atoms with Crippen molar-refractivity contribution in [2.75, 3.05) is 0 Å². The zero-order valence-corrected chi connectivity index (χ0v) is 16.0. The molecule has 0 unspecified atom stereocenters. The van der Waals surface area contributed by atoms with Gasteiger partial charge < -0.3 is 4.98 Å². The van der Waals surface area contributed by atoms with Crippen molar-refractivity contribution in [3.8, 4) is 0 Å². The number of halogens is 3. The lowest BCUT2D eigenvalue weighted by molar-refractivity contribution is -0.137. The predicted molar refractivity (Wildman–Crippen MR) is 96.9 cm³/mol. The van der Waals surface area contributed by atoms with E-state index in [1.54, 1.807) is 13.8 Å². The molecule has 7 nitrogen and oxygen atoms in total. The van der Waals surface area contributed by atoms with Crippen molar-refractivity contribution in [1.29, 1.82) is 0 Å². The maximum Gasteiger partial charge on any atom is 0.416 e. The van der Waals surface area contributed by atoms with Gasteiger partial charge in [0.05, 0.1) is 17.3 Å². The summed E-state index contributed by atoms with van der Waals surface area (Å²) < 4.78 is 62.6. The molecule has 0 spiro atoms. The number of aryl methyl sites for hydroxylation is 1. The molecule has 0 radical (unpaired) electrons. The lowest BCUT2D eigenvalue weighted by Gasteiger charge is -2.15. The molecule has 0 aliphatic rings. The van der Waals surface area contributed by atoms with Crippen LogP contribution in [0.5, 0.6) is 0 Å². The molecule has 3 rings (SSSR count). The van der Waals surface area contributed by atoms with Crippen LogP contribution in [0.25, 0.3) is 11.0 Å². The minimum Gasteiger partial charge on any atom is -0.310 e. The van der Waals surface area contributed by atoms with Gasteiger partial charge in [-0.15, -0.1) is 0 Å². The van der Waals surface area contributed by atoms with Crippen molar-refractivity contribution >= 4 is 21.7 Å². The van der Waals surface area contributed by atoms with Crippen molar-refractivity contribution in [2.45, 2.75) is 38.2 Å². The summed E-state index contributed by atoms with van der Waals surface area (Å²) in [4.78, 5) is 19.2. The van der Waals surface area contributed by atoms with Crippen molar-refractivity contribution in [1.82, 2.24) is 19.7 Å². The van der Waals surface area contributed by atoms with Gasteiger partial charge in [0.2, 0.25) is 0 Å². The van der Waals surface area contributed by atoms with Gasteiger partial charge >= 0.3 is 6.18 Å². The number of benzene rings is 1. The highest BCUT2D eigenvalue weighted by Crippen LogP contribution is 2.31. The minimum absolute atomic E-state index is 0.0519. The Labute approximate surface area is 159 Å². The third-order valence-corrected chi connectivity index (χ3v) is 5.38. The SMILES string of the molecule is Cc1nc2c(c([C@H](C)[SH](=O)=O)nn2[C@@H](C)c2ccc(C(F)(F)F)cc2)c(=O)[nH]1. The van der Waals surface area contributed by atoms with Crippen LogP contribution in [0.15, 0.2) is 29.1 Å². The first-order valence-electron chi connectivity index (χ1n) is 8.30. The van der Waals surface area contributed by atoms with E-state index in [-0.39, 0.29) is 16.7 Å². The van der Waals surface area contributed by atoms with Gasteiger partial charge in [0.1, 0.15) is 27.2 Å². The number of fused-ring (bicyclic) bond motifs is 1. The van der Waals surface area contributed by atoms with E-state index < -0.39 is 39.3 Å². The molecule has 0 fully saturated rings. The molecule has 150 valence electrons. The molecule has 11 heteroatoms. The first-order chi connectivity index (χ1) is 13.0. The zero-order valence-electron chi connectivity index (χ0n) is 15.1. The Morgan fingerprint density at radius 2 is 1.75 bits per heavy atom. The molecule has 0 amide bonds. The summed E-state index contributed by atoms with van der Waals surface area (Å²) in [6.07, 6.45) is -4.45. The highest BCUT2D eigenvalue weighted by atomic mass is 32.2. The summed E-state index contributed by atoms with van der Waals surface area (Å²) in [6, 6.07) is 3.97. The van der Waals surface area contributed by atoms with Crippen LogP contribution in [0.2, 0.25) is 0 Å². The Balaban J connectivity index is 2.18. The molecule has 0 aliphatic heterocycles. The fraction of sp³-hybridized carbons (Fsp3) is 0.353. The second kappa shape index (κ2) is 7.04. The number of thiol groups is 1. The third-order valence-electron chi connectivity index (χ3n) is 4.51. The van der Waals surface area contributed by atoms with Crippen molar-refractivity contribution in [2.24, 2.45) is 0 Å². The number of nitrogens with zero attached hydrogens (tertiary/aromatic N) is 3. The number of nitrogens with one attached hydrogen (secondary N) is 1. The van der Waals surface area contributed by atoms with Crippen LogP contribution in [-0.2, 0) is 16.9 Å². The number of aromatic amines is 1. The molecule has 2 aromatic heterocycles. The molecule has 0 bridgehead atoms. The number of H-pyrrole nitrogens is 1. The quantitative estimate of drug-likeness (QED) is 0.640. The number of rotatable bonds is 4. The third kappa shape index (κ3) is 3.53. The molecule has 3 aromatic rings. The maximum absolute atomic E-state index is 12.8. The van der Waals surface area contributed by atoms with Crippen LogP contribution in [0.1, 0.15) is 47.8 Å². The van der Waals surface area contributed by atoms with Gasteiger partial charge in [0, 0.05) is 0 Å². The lowest BCUT2D eigenvalue weighted by Crippen LogP contribution is -2.13. The number of hydrogen-bond acceptors (Lipinski definition) is 5. The maximum atomic E-state index is 12.8. The number of aromatic nitrogens is 4. The second-order valence-corrected chi connectivity index (χ2v) is 7.78. The van der Waals surface area contributed by atoms with Crippen LogP contribution >= 0.6 is 0 Å². The molecule has 0 saturated heterocycles. The Bertz CT molecular complexity index is 1160. The predicted octanol–water partition coefficient (Wildman–Crippen LogP) is 2.73. The molecule has 2 heterocycles. The van der Waals surface area contributed by atoms with Gasteiger partial charge in [0.15, 0.2) is 5.65 Å². The van der Waals surface area contributed by atoms with Gasteiger partial charge in [-0.3, -0.25) is 4.79 Å². The Hall–Kier alpha value is -2.69. The molecule has 1 aromatic carbocycles. The molecule has 0 saturated carbocycles. The second-order valence-electron chi connectivity index (χ2n) is 6.44. The first-order valence-corrected chi connectivity index (χ1v) is 9.55. The standard InChI is InChI=1S/C17H17F3N4O3S/c1-8(11-4-6-12(7-5-11)17(18,19)20)24-15-13(16(25)22-10(3)21-15)14(23-24)9(2)28(26)27/h4-9,28H,1-3H3,(H,21,22,25)/t8-,9-/m0/s1. The van der Waals surface area contributed by atoms with Gasteiger partial charge in [-0.05, 0) is 38.5 Å². The summed E-state index contributed by atoms with van der Waals surface area (Å²) in [5.41, 5.74) is -0.572. The van der Waals surface area contributed by atoms with Gasteiger partial charge in [0.25, 0.3) is 5.56 Å². The monoisotopic (exact) mass is 414 g/mol. The van der Waals surface area contributed by atoms with E-state index in [1.165, 1.54) is 23.7 Å².